The molecule has 3 heterocycles. The van der Waals surface area contributed by atoms with Crippen LogP contribution in [0, 0.1) is 6.92 Å². The Morgan fingerprint density at radius 2 is 1.97 bits per heavy atom. The van der Waals surface area contributed by atoms with Crippen molar-refractivity contribution in [3.63, 3.8) is 0 Å². The molecule has 0 saturated heterocycles. The summed E-state index contributed by atoms with van der Waals surface area (Å²) in [7, 11) is 1.59. The Bertz CT molecular complexity index is 1120. The Hall–Kier alpha value is -3.23. The van der Waals surface area contributed by atoms with E-state index in [1.165, 1.54) is 11.3 Å². The van der Waals surface area contributed by atoms with Crippen LogP contribution in [-0.4, -0.2) is 23.0 Å². The average Bonchev–Trinajstić information content (AvgIpc) is 3.42. The van der Waals surface area contributed by atoms with Crippen molar-refractivity contribution in [3.05, 3.63) is 70.7 Å². The minimum absolute atomic E-state index is 0.221. The van der Waals surface area contributed by atoms with Crippen LogP contribution in [0.3, 0.4) is 0 Å². The summed E-state index contributed by atoms with van der Waals surface area (Å²) in [5, 5.41) is 5.65. The fraction of sp³-hybridized carbons (Fsp3) is 0.0952. The van der Waals surface area contributed by atoms with Gasteiger partial charge in [-0.3, -0.25) is 4.79 Å². The van der Waals surface area contributed by atoms with Crippen molar-refractivity contribution in [2.45, 2.75) is 6.92 Å². The van der Waals surface area contributed by atoms with Crippen molar-refractivity contribution >= 4 is 34.3 Å². The number of carbonyl (C=O) groups excluding carboxylic acids is 1. The lowest BCUT2D eigenvalue weighted by atomic mass is 10.2. The van der Waals surface area contributed by atoms with Gasteiger partial charge in [0.1, 0.15) is 9.88 Å². The highest BCUT2D eigenvalue weighted by molar-refractivity contribution is 7.22. The first kappa shape index (κ1) is 19.1. The highest BCUT2D eigenvalue weighted by atomic mass is 32.1. The van der Waals surface area contributed by atoms with Gasteiger partial charge in [0, 0.05) is 6.07 Å². The standard InChI is InChI=1S/C21H17N3O3S2/c1-13-5-7-15(16(10-13)26-2)27-19-8-6-14(11-22-19)24-20(25)18-12-23-21(29-18)17-4-3-9-28-17/h3-12H,1-2H3,(H,24,25). The minimum Gasteiger partial charge on any atom is -0.493 e. The van der Waals surface area contributed by atoms with Crippen LogP contribution in [-0.2, 0) is 0 Å². The van der Waals surface area contributed by atoms with Crippen molar-refractivity contribution in [1.29, 1.82) is 0 Å². The number of nitrogens with one attached hydrogen (secondary N) is 1. The molecule has 4 rings (SSSR count). The molecule has 3 aromatic heterocycles. The molecule has 29 heavy (non-hydrogen) atoms. The molecule has 0 aliphatic rings. The van der Waals surface area contributed by atoms with E-state index in [1.807, 2.05) is 42.6 Å². The lowest BCUT2D eigenvalue weighted by Crippen LogP contribution is -2.10. The third-order valence-corrected chi connectivity index (χ3v) is 6.02. The maximum absolute atomic E-state index is 12.5. The summed E-state index contributed by atoms with van der Waals surface area (Å²) in [6.07, 6.45) is 3.14. The first-order valence-electron chi connectivity index (χ1n) is 8.72. The summed E-state index contributed by atoms with van der Waals surface area (Å²) in [4.78, 5) is 22.6. The smallest absolute Gasteiger partial charge is 0.267 e. The van der Waals surface area contributed by atoms with E-state index >= 15 is 0 Å². The van der Waals surface area contributed by atoms with E-state index in [9.17, 15) is 4.79 Å². The van der Waals surface area contributed by atoms with Gasteiger partial charge >= 0.3 is 0 Å². The molecule has 0 radical (unpaired) electrons. The fourth-order valence-electron chi connectivity index (χ4n) is 2.57. The van der Waals surface area contributed by atoms with Gasteiger partial charge < -0.3 is 14.8 Å². The molecule has 0 fully saturated rings. The van der Waals surface area contributed by atoms with Gasteiger partial charge in [0.05, 0.1) is 30.1 Å². The van der Waals surface area contributed by atoms with Crippen molar-refractivity contribution in [3.8, 4) is 27.3 Å². The number of benzene rings is 1. The first-order chi connectivity index (χ1) is 14.1. The number of carbonyl (C=O) groups is 1. The summed E-state index contributed by atoms with van der Waals surface area (Å²) >= 11 is 2.95. The molecule has 1 N–H and O–H groups in total. The normalized spacial score (nSPS) is 10.6. The Balaban J connectivity index is 1.42. The second-order valence-corrected chi connectivity index (χ2v) is 8.08. The number of methoxy groups -OCH3 is 1. The molecular formula is C21H17N3O3S2. The van der Waals surface area contributed by atoms with Gasteiger partial charge in [0.2, 0.25) is 5.88 Å². The number of pyridine rings is 1. The summed E-state index contributed by atoms with van der Waals surface area (Å²) < 4.78 is 11.1. The zero-order valence-corrected chi connectivity index (χ0v) is 17.3. The van der Waals surface area contributed by atoms with Gasteiger partial charge in [0.25, 0.3) is 5.91 Å². The number of nitrogens with zero attached hydrogens (tertiary/aromatic N) is 2. The molecule has 0 unspecified atom stereocenters. The number of thiophene rings is 1. The number of aromatic nitrogens is 2. The van der Waals surface area contributed by atoms with Crippen LogP contribution < -0.4 is 14.8 Å². The van der Waals surface area contributed by atoms with Crippen molar-refractivity contribution < 1.29 is 14.3 Å². The van der Waals surface area contributed by atoms with Gasteiger partial charge in [-0.15, -0.1) is 22.7 Å². The number of anilines is 1. The summed E-state index contributed by atoms with van der Waals surface area (Å²) in [5.74, 6) is 1.40. The molecule has 1 amide bonds. The van der Waals surface area contributed by atoms with E-state index in [1.54, 1.807) is 43.0 Å². The van der Waals surface area contributed by atoms with E-state index in [4.69, 9.17) is 9.47 Å². The highest BCUT2D eigenvalue weighted by Gasteiger charge is 2.13. The molecule has 0 saturated carbocycles. The summed E-state index contributed by atoms with van der Waals surface area (Å²) in [5.41, 5.74) is 1.65. The molecule has 4 aromatic rings. The maximum atomic E-state index is 12.5. The van der Waals surface area contributed by atoms with E-state index in [0.717, 1.165) is 15.4 Å². The van der Waals surface area contributed by atoms with Crippen LogP contribution >= 0.6 is 22.7 Å². The first-order valence-corrected chi connectivity index (χ1v) is 10.4. The topological polar surface area (TPSA) is 73.3 Å². The van der Waals surface area contributed by atoms with E-state index in [2.05, 4.69) is 15.3 Å². The molecule has 0 bridgehead atoms. The largest absolute Gasteiger partial charge is 0.493 e. The molecule has 8 heteroatoms. The Kier molecular flexibility index (Phi) is 5.55. The van der Waals surface area contributed by atoms with Crippen LogP contribution in [0.2, 0.25) is 0 Å². The predicted octanol–water partition coefficient (Wildman–Crippen LogP) is 5.63. The number of hydrogen-bond acceptors (Lipinski definition) is 7. The van der Waals surface area contributed by atoms with Gasteiger partial charge in [-0.05, 0) is 42.1 Å². The molecule has 0 atom stereocenters. The Morgan fingerprint density at radius 3 is 2.69 bits per heavy atom. The monoisotopic (exact) mass is 423 g/mol. The zero-order valence-electron chi connectivity index (χ0n) is 15.7. The number of thiazole rings is 1. The third kappa shape index (κ3) is 4.44. The summed E-state index contributed by atoms with van der Waals surface area (Å²) in [6.45, 7) is 1.98. The van der Waals surface area contributed by atoms with Gasteiger partial charge in [-0.25, -0.2) is 9.97 Å². The molecule has 1 aromatic carbocycles. The number of rotatable bonds is 6. The van der Waals surface area contributed by atoms with Crippen LogP contribution in [0.1, 0.15) is 15.2 Å². The second kappa shape index (κ2) is 8.42. The van der Waals surface area contributed by atoms with Crippen LogP contribution in [0.15, 0.2) is 60.2 Å². The Morgan fingerprint density at radius 1 is 1.07 bits per heavy atom. The quantitative estimate of drug-likeness (QED) is 0.435. The molecule has 0 aliphatic carbocycles. The Labute approximate surface area is 175 Å². The van der Waals surface area contributed by atoms with Crippen molar-refractivity contribution in [2.24, 2.45) is 0 Å². The van der Waals surface area contributed by atoms with E-state index in [0.29, 0.717) is 27.9 Å². The van der Waals surface area contributed by atoms with Crippen molar-refractivity contribution in [1.82, 2.24) is 9.97 Å². The van der Waals surface area contributed by atoms with Crippen molar-refractivity contribution in [2.75, 3.05) is 12.4 Å². The van der Waals surface area contributed by atoms with Crippen LogP contribution in [0.4, 0.5) is 5.69 Å². The minimum atomic E-state index is -0.221. The molecule has 0 aliphatic heterocycles. The maximum Gasteiger partial charge on any atom is 0.267 e. The number of amides is 1. The van der Waals surface area contributed by atoms with E-state index in [-0.39, 0.29) is 5.91 Å². The second-order valence-electron chi connectivity index (χ2n) is 6.10. The third-order valence-electron chi connectivity index (χ3n) is 3.99. The lowest BCUT2D eigenvalue weighted by Gasteiger charge is -2.10. The molecule has 0 spiro atoms. The fourth-order valence-corrected chi connectivity index (χ4v) is 4.19. The number of hydrogen-bond donors (Lipinski definition) is 1. The number of ether oxygens (including phenoxy) is 2. The number of aryl methyl sites for hydroxylation is 1. The lowest BCUT2D eigenvalue weighted by molar-refractivity contribution is 0.103. The highest BCUT2D eigenvalue weighted by Crippen LogP contribution is 2.32. The summed E-state index contributed by atoms with van der Waals surface area (Å²) in [6, 6.07) is 13.0. The van der Waals surface area contributed by atoms with Crippen LogP contribution in [0.25, 0.3) is 9.88 Å². The van der Waals surface area contributed by atoms with Crippen LogP contribution in [0.5, 0.6) is 17.4 Å². The van der Waals surface area contributed by atoms with Gasteiger partial charge in [-0.1, -0.05) is 12.1 Å². The molecular weight excluding hydrogens is 406 g/mol. The molecule has 6 nitrogen and oxygen atoms in total. The average molecular weight is 424 g/mol. The zero-order chi connectivity index (χ0) is 20.2. The predicted molar refractivity (Wildman–Crippen MR) is 115 cm³/mol. The van der Waals surface area contributed by atoms with Gasteiger partial charge in [0.15, 0.2) is 11.5 Å². The SMILES string of the molecule is COc1cc(C)ccc1Oc1ccc(NC(=O)c2cnc(-c3cccs3)s2)cn1. The van der Waals surface area contributed by atoms with Gasteiger partial charge in [-0.2, -0.15) is 0 Å². The molecule has 146 valence electrons. The van der Waals surface area contributed by atoms with E-state index < -0.39 is 0 Å².